The Balaban J connectivity index is 2.19. The Hall–Kier alpha value is -0.730. The molecule has 1 saturated carbocycles. The molecule has 1 amide bonds. The third kappa shape index (κ3) is 2.10. The van der Waals surface area contributed by atoms with E-state index in [-0.39, 0.29) is 6.09 Å². The van der Waals surface area contributed by atoms with Crippen LogP contribution in [-0.4, -0.2) is 19.2 Å². The van der Waals surface area contributed by atoms with Gasteiger partial charge < -0.3 is 10.1 Å². The van der Waals surface area contributed by atoms with Crippen molar-refractivity contribution in [3.8, 4) is 0 Å². The van der Waals surface area contributed by atoms with Crippen molar-refractivity contribution in [1.29, 1.82) is 0 Å². The minimum absolute atomic E-state index is 0.314. The molecular formula is C8H15NO2. The standard InChI is InChI=1S/C8H15NO2/c1-8(2)4-6(5-8)9-7(10)11-3/h6H,4-5H2,1-3H3,(H,9,10). The van der Waals surface area contributed by atoms with Crippen molar-refractivity contribution in [1.82, 2.24) is 5.32 Å². The Kier molecular flexibility index (Phi) is 2.07. The average molecular weight is 157 g/mol. The zero-order chi connectivity index (χ0) is 8.48. The van der Waals surface area contributed by atoms with E-state index in [1.165, 1.54) is 7.11 Å². The highest BCUT2D eigenvalue weighted by Crippen LogP contribution is 2.39. The van der Waals surface area contributed by atoms with Crippen LogP contribution in [0.5, 0.6) is 0 Å². The summed E-state index contributed by atoms with van der Waals surface area (Å²) >= 11 is 0. The first-order valence-corrected chi connectivity index (χ1v) is 3.88. The quantitative estimate of drug-likeness (QED) is 0.627. The summed E-state index contributed by atoms with van der Waals surface area (Å²) in [5.41, 5.74) is 0.408. The topological polar surface area (TPSA) is 38.3 Å². The van der Waals surface area contributed by atoms with Gasteiger partial charge in [0.15, 0.2) is 0 Å². The predicted octanol–water partition coefficient (Wildman–Crippen LogP) is 1.53. The summed E-state index contributed by atoms with van der Waals surface area (Å²) in [5.74, 6) is 0. The second kappa shape index (κ2) is 2.72. The van der Waals surface area contributed by atoms with Gasteiger partial charge in [0.2, 0.25) is 0 Å². The van der Waals surface area contributed by atoms with Crippen molar-refractivity contribution in [3.63, 3.8) is 0 Å². The van der Waals surface area contributed by atoms with Gasteiger partial charge in [0.1, 0.15) is 0 Å². The summed E-state index contributed by atoms with van der Waals surface area (Å²) in [6.45, 7) is 4.39. The van der Waals surface area contributed by atoms with Gasteiger partial charge in [0.05, 0.1) is 7.11 Å². The Morgan fingerprint density at radius 1 is 1.55 bits per heavy atom. The fourth-order valence-electron chi connectivity index (χ4n) is 1.60. The molecule has 11 heavy (non-hydrogen) atoms. The van der Waals surface area contributed by atoms with Crippen molar-refractivity contribution in [2.75, 3.05) is 7.11 Å². The smallest absolute Gasteiger partial charge is 0.407 e. The molecule has 1 aliphatic carbocycles. The Morgan fingerprint density at radius 3 is 2.45 bits per heavy atom. The molecule has 0 unspecified atom stereocenters. The molecule has 3 heteroatoms. The summed E-state index contributed by atoms with van der Waals surface area (Å²) in [6, 6.07) is 0.331. The molecule has 0 aromatic rings. The molecule has 0 heterocycles. The number of carbonyl (C=O) groups excluding carboxylic acids is 1. The van der Waals surface area contributed by atoms with Crippen LogP contribution in [0.25, 0.3) is 0 Å². The minimum Gasteiger partial charge on any atom is -0.453 e. The fourth-order valence-corrected chi connectivity index (χ4v) is 1.60. The molecule has 64 valence electrons. The molecule has 0 atom stereocenters. The first-order valence-electron chi connectivity index (χ1n) is 3.88. The number of nitrogens with one attached hydrogen (secondary N) is 1. The van der Waals surface area contributed by atoms with Gasteiger partial charge in [-0.2, -0.15) is 0 Å². The normalized spacial score (nSPS) is 22.1. The number of ether oxygens (including phenoxy) is 1. The van der Waals surface area contributed by atoms with Crippen LogP contribution in [0.4, 0.5) is 4.79 Å². The van der Waals surface area contributed by atoms with Gasteiger partial charge in [-0.25, -0.2) is 4.79 Å². The number of hydrogen-bond acceptors (Lipinski definition) is 2. The molecule has 1 aliphatic rings. The van der Waals surface area contributed by atoms with Gasteiger partial charge in [-0.1, -0.05) is 13.8 Å². The maximum absolute atomic E-state index is 10.7. The summed E-state index contributed by atoms with van der Waals surface area (Å²) in [6.07, 6.45) is 1.80. The average Bonchev–Trinajstić information content (AvgIpc) is 1.83. The zero-order valence-electron chi connectivity index (χ0n) is 7.31. The molecule has 1 fully saturated rings. The number of alkyl carbamates (subject to hydrolysis) is 1. The van der Waals surface area contributed by atoms with E-state index in [2.05, 4.69) is 23.9 Å². The summed E-state index contributed by atoms with van der Waals surface area (Å²) in [5, 5.41) is 2.76. The van der Waals surface area contributed by atoms with Crippen molar-refractivity contribution >= 4 is 6.09 Å². The van der Waals surface area contributed by atoms with Crippen LogP contribution in [-0.2, 0) is 4.74 Å². The number of carbonyl (C=O) groups is 1. The van der Waals surface area contributed by atoms with Crippen LogP contribution in [0, 0.1) is 5.41 Å². The van der Waals surface area contributed by atoms with E-state index in [1.807, 2.05) is 0 Å². The zero-order valence-corrected chi connectivity index (χ0v) is 7.31. The van der Waals surface area contributed by atoms with Crippen LogP contribution in [0.1, 0.15) is 26.7 Å². The summed E-state index contributed by atoms with van der Waals surface area (Å²) < 4.78 is 4.47. The molecule has 0 radical (unpaired) electrons. The second-order valence-corrected chi connectivity index (χ2v) is 3.91. The van der Waals surface area contributed by atoms with Crippen LogP contribution in [0.15, 0.2) is 0 Å². The van der Waals surface area contributed by atoms with Crippen LogP contribution in [0.3, 0.4) is 0 Å². The minimum atomic E-state index is -0.314. The largest absolute Gasteiger partial charge is 0.453 e. The molecule has 0 aliphatic heterocycles. The molecule has 0 aromatic heterocycles. The lowest BCUT2D eigenvalue weighted by molar-refractivity contribution is 0.109. The number of rotatable bonds is 1. The van der Waals surface area contributed by atoms with Crippen LogP contribution < -0.4 is 5.32 Å². The van der Waals surface area contributed by atoms with Gasteiger partial charge in [0, 0.05) is 6.04 Å². The Labute approximate surface area is 67.1 Å². The van der Waals surface area contributed by atoms with Crippen LogP contribution in [0.2, 0.25) is 0 Å². The first-order chi connectivity index (χ1) is 5.03. The van der Waals surface area contributed by atoms with E-state index in [0.717, 1.165) is 12.8 Å². The first kappa shape index (κ1) is 8.37. The lowest BCUT2D eigenvalue weighted by atomic mass is 9.68. The van der Waals surface area contributed by atoms with E-state index in [9.17, 15) is 4.79 Å². The summed E-state index contributed by atoms with van der Waals surface area (Å²) in [4.78, 5) is 10.7. The van der Waals surface area contributed by atoms with Crippen molar-refractivity contribution < 1.29 is 9.53 Å². The maximum Gasteiger partial charge on any atom is 0.407 e. The van der Waals surface area contributed by atoms with Gasteiger partial charge >= 0.3 is 6.09 Å². The van der Waals surface area contributed by atoms with Crippen LogP contribution >= 0.6 is 0 Å². The fraction of sp³-hybridized carbons (Fsp3) is 0.875. The monoisotopic (exact) mass is 157 g/mol. The lowest BCUT2D eigenvalue weighted by Gasteiger charge is -2.42. The van der Waals surface area contributed by atoms with Gasteiger partial charge in [-0.15, -0.1) is 0 Å². The van der Waals surface area contributed by atoms with E-state index in [1.54, 1.807) is 0 Å². The molecule has 1 N–H and O–H groups in total. The molecule has 3 nitrogen and oxygen atoms in total. The molecule has 0 saturated heterocycles. The van der Waals surface area contributed by atoms with Gasteiger partial charge in [0.25, 0.3) is 0 Å². The highest BCUT2D eigenvalue weighted by molar-refractivity contribution is 5.67. The highest BCUT2D eigenvalue weighted by atomic mass is 16.5. The highest BCUT2D eigenvalue weighted by Gasteiger charge is 2.36. The maximum atomic E-state index is 10.7. The molecule has 1 rings (SSSR count). The van der Waals surface area contributed by atoms with E-state index >= 15 is 0 Å². The molecule has 0 spiro atoms. The van der Waals surface area contributed by atoms with E-state index in [4.69, 9.17) is 0 Å². The van der Waals surface area contributed by atoms with Gasteiger partial charge in [-0.05, 0) is 18.3 Å². The van der Waals surface area contributed by atoms with Crippen molar-refractivity contribution in [2.24, 2.45) is 5.41 Å². The Bertz CT molecular complexity index is 157. The van der Waals surface area contributed by atoms with E-state index in [0.29, 0.717) is 11.5 Å². The lowest BCUT2D eigenvalue weighted by Crippen LogP contribution is -2.48. The molecular weight excluding hydrogens is 142 g/mol. The van der Waals surface area contributed by atoms with Crippen molar-refractivity contribution in [3.05, 3.63) is 0 Å². The van der Waals surface area contributed by atoms with E-state index < -0.39 is 0 Å². The number of hydrogen-bond donors (Lipinski definition) is 1. The molecule has 0 aromatic carbocycles. The Morgan fingerprint density at radius 2 is 2.09 bits per heavy atom. The SMILES string of the molecule is COC(=O)NC1CC(C)(C)C1. The number of methoxy groups -OCH3 is 1. The third-order valence-corrected chi connectivity index (χ3v) is 2.11. The number of amides is 1. The predicted molar refractivity (Wildman–Crippen MR) is 42.3 cm³/mol. The summed E-state index contributed by atoms with van der Waals surface area (Å²) in [7, 11) is 1.39. The second-order valence-electron chi connectivity index (χ2n) is 3.91. The molecule has 0 bridgehead atoms. The third-order valence-electron chi connectivity index (χ3n) is 2.11. The van der Waals surface area contributed by atoms with Gasteiger partial charge in [-0.3, -0.25) is 0 Å². The van der Waals surface area contributed by atoms with Crippen molar-refractivity contribution in [2.45, 2.75) is 32.7 Å².